The molecule has 1 fully saturated rings. The molecular formula is C19H22BrN5. The minimum absolute atomic E-state index is 0.427. The van der Waals surface area contributed by atoms with E-state index in [1.165, 1.54) is 5.56 Å². The highest BCUT2D eigenvalue weighted by molar-refractivity contribution is 9.10. The van der Waals surface area contributed by atoms with Gasteiger partial charge < -0.3 is 4.90 Å². The number of anilines is 1. The monoisotopic (exact) mass is 399 g/mol. The number of aromatic nitrogens is 3. The molecule has 1 atom stereocenters. The molecule has 0 amide bonds. The van der Waals surface area contributed by atoms with Gasteiger partial charge in [-0.1, -0.05) is 28.1 Å². The van der Waals surface area contributed by atoms with Crippen LogP contribution in [0, 0.1) is 6.92 Å². The normalized spacial score (nSPS) is 17.2. The van der Waals surface area contributed by atoms with Crippen molar-refractivity contribution in [2.24, 2.45) is 0 Å². The SMILES string of the molecule is Cc1cc2c(N3CCN(C(C)c4ccc(Br)cc4)CC3)nccn2n1. The predicted octanol–water partition coefficient (Wildman–Crippen LogP) is 3.68. The number of nitrogens with zero attached hydrogens (tertiary/aromatic N) is 5. The van der Waals surface area contributed by atoms with Crippen LogP contribution in [-0.2, 0) is 0 Å². The molecule has 5 nitrogen and oxygen atoms in total. The van der Waals surface area contributed by atoms with E-state index in [0.29, 0.717) is 6.04 Å². The lowest BCUT2D eigenvalue weighted by molar-refractivity contribution is 0.198. The van der Waals surface area contributed by atoms with E-state index in [4.69, 9.17) is 0 Å². The van der Waals surface area contributed by atoms with Crippen LogP contribution in [0.4, 0.5) is 5.82 Å². The van der Waals surface area contributed by atoms with Crippen LogP contribution in [0.2, 0.25) is 0 Å². The third-order valence-corrected chi connectivity index (χ3v) is 5.53. The average Bonchev–Trinajstić information content (AvgIpc) is 3.02. The fourth-order valence-corrected chi connectivity index (χ4v) is 3.81. The minimum atomic E-state index is 0.427. The second-order valence-corrected chi connectivity index (χ2v) is 7.53. The summed E-state index contributed by atoms with van der Waals surface area (Å²) in [5, 5.41) is 4.49. The fourth-order valence-electron chi connectivity index (χ4n) is 3.55. The molecule has 1 saturated heterocycles. The molecule has 0 spiro atoms. The Balaban J connectivity index is 1.48. The first-order valence-corrected chi connectivity index (χ1v) is 9.46. The van der Waals surface area contributed by atoms with Gasteiger partial charge in [0.2, 0.25) is 0 Å². The first-order chi connectivity index (χ1) is 12.1. The third-order valence-electron chi connectivity index (χ3n) is 5.01. The van der Waals surface area contributed by atoms with Crippen molar-refractivity contribution in [3.8, 4) is 0 Å². The topological polar surface area (TPSA) is 36.7 Å². The van der Waals surface area contributed by atoms with Gasteiger partial charge in [-0.05, 0) is 37.6 Å². The average molecular weight is 400 g/mol. The van der Waals surface area contributed by atoms with Crippen LogP contribution in [0.5, 0.6) is 0 Å². The Bertz CT molecular complexity index is 865. The van der Waals surface area contributed by atoms with Crippen molar-refractivity contribution in [1.29, 1.82) is 0 Å². The van der Waals surface area contributed by atoms with Gasteiger partial charge in [0, 0.05) is 49.1 Å². The van der Waals surface area contributed by atoms with Crippen LogP contribution in [0.25, 0.3) is 5.52 Å². The molecule has 1 aromatic carbocycles. The quantitative estimate of drug-likeness (QED) is 0.672. The smallest absolute Gasteiger partial charge is 0.154 e. The Morgan fingerprint density at radius 3 is 2.52 bits per heavy atom. The lowest BCUT2D eigenvalue weighted by atomic mass is 10.1. The Labute approximate surface area is 156 Å². The zero-order valence-corrected chi connectivity index (χ0v) is 16.1. The summed E-state index contributed by atoms with van der Waals surface area (Å²) in [6.45, 7) is 8.35. The van der Waals surface area contributed by atoms with Gasteiger partial charge >= 0.3 is 0 Å². The van der Waals surface area contributed by atoms with Crippen LogP contribution in [0.3, 0.4) is 0 Å². The maximum atomic E-state index is 4.62. The second kappa shape index (κ2) is 6.77. The van der Waals surface area contributed by atoms with Gasteiger partial charge in [0.05, 0.1) is 5.69 Å². The summed E-state index contributed by atoms with van der Waals surface area (Å²) in [5.41, 5.74) is 3.48. The van der Waals surface area contributed by atoms with Crippen molar-refractivity contribution in [3.05, 3.63) is 58.5 Å². The summed E-state index contributed by atoms with van der Waals surface area (Å²) >= 11 is 3.51. The number of benzene rings is 1. The van der Waals surface area contributed by atoms with E-state index in [2.05, 4.69) is 73.1 Å². The van der Waals surface area contributed by atoms with Gasteiger partial charge in [-0.15, -0.1) is 0 Å². The molecule has 0 bridgehead atoms. The van der Waals surface area contributed by atoms with Crippen molar-refractivity contribution >= 4 is 27.3 Å². The molecular weight excluding hydrogens is 378 g/mol. The molecule has 0 radical (unpaired) electrons. The molecule has 3 heterocycles. The number of piperazine rings is 1. The number of fused-ring (bicyclic) bond motifs is 1. The lowest BCUT2D eigenvalue weighted by Crippen LogP contribution is -2.47. The van der Waals surface area contributed by atoms with E-state index in [-0.39, 0.29) is 0 Å². The van der Waals surface area contributed by atoms with Crippen LogP contribution in [-0.4, -0.2) is 45.7 Å². The molecule has 1 unspecified atom stereocenters. The Hall–Kier alpha value is -1.92. The first-order valence-electron chi connectivity index (χ1n) is 8.67. The van der Waals surface area contributed by atoms with Gasteiger partial charge in [-0.3, -0.25) is 4.90 Å². The summed E-state index contributed by atoms with van der Waals surface area (Å²) in [5.74, 6) is 1.04. The number of hydrogen-bond acceptors (Lipinski definition) is 4. The summed E-state index contributed by atoms with van der Waals surface area (Å²) in [6, 6.07) is 11.2. The molecule has 2 aromatic heterocycles. The fraction of sp³-hybridized carbons (Fsp3) is 0.368. The van der Waals surface area contributed by atoms with Crippen LogP contribution in [0.1, 0.15) is 24.2 Å². The van der Waals surface area contributed by atoms with Gasteiger partial charge in [0.1, 0.15) is 5.52 Å². The molecule has 0 saturated carbocycles. The molecule has 0 N–H and O–H groups in total. The van der Waals surface area contributed by atoms with E-state index in [0.717, 1.165) is 47.7 Å². The summed E-state index contributed by atoms with van der Waals surface area (Å²) in [6.07, 6.45) is 3.75. The molecule has 4 rings (SSSR count). The Morgan fingerprint density at radius 2 is 1.80 bits per heavy atom. The molecule has 6 heteroatoms. The summed E-state index contributed by atoms with van der Waals surface area (Å²) < 4.78 is 3.05. The Morgan fingerprint density at radius 1 is 1.08 bits per heavy atom. The van der Waals surface area contributed by atoms with E-state index >= 15 is 0 Å². The highest BCUT2D eigenvalue weighted by Gasteiger charge is 2.24. The van der Waals surface area contributed by atoms with Crippen molar-refractivity contribution in [3.63, 3.8) is 0 Å². The highest BCUT2D eigenvalue weighted by atomic mass is 79.9. The second-order valence-electron chi connectivity index (χ2n) is 6.62. The van der Waals surface area contributed by atoms with Gasteiger partial charge in [0.25, 0.3) is 0 Å². The number of halogens is 1. The zero-order valence-electron chi connectivity index (χ0n) is 14.6. The van der Waals surface area contributed by atoms with Crippen molar-refractivity contribution in [1.82, 2.24) is 19.5 Å². The predicted molar refractivity (Wildman–Crippen MR) is 104 cm³/mol. The minimum Gasteiger partial charge on any atom is -0.352 e. The first kappa shape index (κ1) is 16.5. The van der Waals surface area contributed by atoms with E-state index in [1.807, 2.05) is 23.8 Å². The molecule has 25 heavy (non-hydrogen) atoms. The van der Waals surface area contributed by atoms with Crippen LogP contribution >= 0.6 is 15.9 Å². The highest BCUT2D eigenvalue weighted by Crippen LogP contribution is 2.26. The molecule has 1 aliphatic heterocycles. The van der Waals surface area contributed by atoms with Crippen molar-refractivity contribution < 1.29 is 0 Å². The summed E-state index contributed by atoms with van der Waals surface area (Å²) in [4.78, 5) is 9.54. The van der Waals surface area contributed by atoms with Gasteiger partial charge in [-0.2, -0.15) is 5.10 Å². The summed E-state index contributed by atoms with van der Waals surface area (Å²) in [7, 11) is 0. The number of hydrogen-bond donors (Lipinski definition) is 0. The van der Waals surface area contributed by atoms with Crippen LogP contribution < -0.4 is 4.90 Å². The standard InChI is InChI=1S/C19H22BrN5/c1-14-13-18-19(21-7-8-25(18)22-14)24-11-9-23(10-12-24)15(2)16-3-5-17(20)6-4-16/h3-8,13,15H,9-12H2,1-2H3. The maximum absolute atomic E-state index is 4.62. The van der Waals surface area contributed by atoms with Crippen molar-refractivity contribution in [2.45, 2.75) is 19.9 Å². The molecule has 130 valence electrons. The number of rotatable bonds is 3. The van der Waals surface area contributed by atoms with Gasteiger partial charge in [-0.25, -0.2) is 9.50 Å². The molecule has 3 aromatic rings. The van der Waals surface area contributed by atoms with E-state index < -0.39 is 0 Å². The van der Waals surface area contributed by atoms with E-state index in [1.54, 1.807) is 0 Å². The molecule has 1 aliphatic rings. The Kier molecular flexibility index (Phi) is 4.48. The van der Waals surface area contributed by atoms with E-state index in [9.17, 15) is 0 Å². The van der Waals surface area contributed by atoms with Gasteiger partial charge in [0.15, 0.2) is 5.82 Å². The maximum Gasteiger partial charge on any atom is 0.154 e. The van der Waals surface area contributed by atoms with Crippen molar-refractivity contribution in [2.75, 3.05) is 31.1 Å². The van der Waals surface area contributed by atoms with Crippen LogP contribution in [0.15, 0.2) is 47.2 Å². The zero-order chi connectivity index (χ0) is 17.4. The number of aryl methyl sites for hydroxylation is 1. The third kappa shape index (κ3) is 3.28. The lowest BCUT2D eigenvalue weighted by Gasteiger charge is -2.38. The molecule has 0 aliphatic carbocycles. The largest absolute Gasteiger partial charge is 0.352 e.